The smallest absolute Gasteiger partial charge is 0.297 e. The molecule has 21 heavy (non-hydrogen) atoms. The molecule has 1 N–H and O–H groups in total. The van der Waals surface area contributed by atoms with Gasteiger partial charge in [-0.2, -0.15) is 11.3 Å². The molecule has 0 aliphatic rings. The maximum atomic E-state index is 13.3. The summed E-state index contributed by atoms with van der Waals surface area (Å²) in [6, 6.07) is 7.13. The summed E-state index contributed by atoms with van der Waals surface area (Å²) in [4.78, 5) is 26.9. The van der Waals surface area contributed by atoms with Gasteiger partial charge in [-0.15, -0.1) is 0 Å². The second-order valence-corrected chi connectivity index (χ2v) is 5.41. The molecule has 106 valence electrons. The molecule has 2 aromatic heterocycles. The fourth-order valence-electron chi connectivity index (χ4n) is 2.02. The van der Waals surface area contributed by atoms with Crippen LogP contribution in [0.3, 0.4) is 0 Å². The van der Waals surface area contributed by atoms with Crippen LogP contribution in [0.2, 0.25) is 5.15 Å². The van der Waals surface area contributed by atoms with Crippen LogP contribution in [0.5, 0.6) is 0 Å². The number of rotatable bonds is 2. The first-order chi connectivity index (χ1) is 10.1. The van der Waals surface area contributed by atoms with Crippen LogP contribution in [-0.4, -0.2) is 9.55 Å². The third-order valence-corrected chi connectivity index (χ3v) is 3.89. The minimum Gasteiger partial charge on any atom is -0.297 e. The van der Waals surface area contributed by atoms with Crippen molar-refractivity contribution in [1.29, 1.82) is 0 Å². The molecule has 0 bridgehead atoms. The van der Waals surface area contributed by atoms with Gasteiger partial charge in [0.15, 0.2) is 0 Å². The van der Waals surface area contributed by atoms with Gasteiger partial charge in [-0.05, 0) is 29.1 Å². The van der Waals surface area contributed by atoms with E-state index in [4.69, 9.17) is 11.6 Å². The molecule has 0 radical (unpaired) electrons. The van der Waals surface area contributed by atoms with Crippen molar-refractivity contribution in [3.05, 3.63) is 72.9 Å². The predicted molar refractivity (Wildman–Crippen MR) is 80.9 cm³/mol. The van der Waals surface area contributed by atoms with E-state index in [0.717, 1.165) is 4.57 Å². The second kappa shape index (κ2) is 5.31. The fourth-order valence-corrected chi connectivity index (χ4v) is 2.91. The Morgan fingerprint density at radius 3 is 2.71 bits per heavy atom. The molecule has 0 spiro atoms. The zero-order valence-corrected chi connectivity index (χ0v) is 12.0. The molecule has 0 amide bonds. The summed E-state index contributed by atoms with van der Waals surface area (Å²) in [6.07, 6.45) is 0. The Balaban J connectivity index is 2.35. The number of hydrogen-bond acceptors (Lipinski definition) is 3. The Morgan fingerprint density at radius 1 is 1.24 bits per heavy atom. The van der Waals surface area contributed by atoms with Crippen LogP contribution >= 0.6 is 22.9 Å². The quantitative estimate of drug-likeness (QED) is 0.737. The summed E-state index contributed by atoms with van der Waals surface area (Å²) < 4.78 is 14.3. The fraction of sp³-hybridized carbons (Fsp3) is 0. The van der Waals surface area contributed by atoms with Gasteiger partial charge in [0.1, 0.15) is 11.0 Å². The SMILES string of the molecule is O=c1[nH]c(Cl)c(-c2cccc(F)c2)c(=O)n1-c1ccsc1. The molecule has 0 atom stereocenters. The minimum atomic E-state index is -0.636. The van der Waals surface area contributed by atoms with Crippen LogP contribution in [0.25, 0.3) is 16.8 Å². The molecule has 3 aromatic rings. The van der Waals surface area contributed by atoms with E-state index < -0.39 is 17.1 Å². The van der Waals surface area contributed by atoms with E-state index in [1.807, 2.05) is 0 Å². The third kappa shape index (κ3) is 2.43. The average molecular weight is 323 g/mol. The summed E-state index contributed by atoms with van der Waals surface area (Å²) in [7, 11) is 0. The Kier molecular flexibility index (Phi) is 3.48. The summed E-state index contributed by atoms with van der Waals surface area (Å²) in [5.41, 5.74) is -0.413. The van der Waals surface area contributed by atoms with Crippen LogP contribution in [0.15, 0.2) is 50.7 Å². The number of aromatic amines is 1. The van der Waals surface area contributed by atoms with E-state index in [0.29, 0.717) is 11.3 Å². The first kappa shape index (κ1) is 13.8. The lowest BCUT2D eigenvalue weighted by atomic mass is 10.1. The van der Waals surface area contributed by atoms with Crippen LogP contribution in [0.1, 0.15) is 0 Å². The molecular weight excluding hydrogens is 315 g/mol. The molecule has 0 unspecified atom stereocenters. The molecule has 3 rings (SSSR count). The summed E-state index contributed by atoms with van der Waals surface area (Å²) >= 11 is 7.32. The van der Waals surface area contributed by atoms with Gasteiger partial charge in [-0.1, -0.05) is 23.7 Å². The van der Waals surface area contributed by atoms with Crippen molar-refractivity contribution in [2.45, 2.75) is 0 Å². The molecule has 0 saturated carbocycles. The number of H-pyrrole nitrogens is 1. The Labute approximate surface area is 127 Å². The summed E-state index contributed by atoms with van der Waals surface area (Å²) in [5.74, 6) is -0.490. The van der Waals surface area contributed by atoms with Gasteiger partial charge in [0.25, 0.3) is 5.56 Å². The highest BCUT2D eigenvalue weighted by Gasteiger charge is 2.16. The van der Waals surface area contributed by atoms with E-state index in [2.05, 4.69) is 4.98 Å². The number of aromatic nitrogens is 2. The topological polar surface area (TPSA) is 54.9 Å². The van der Waals surface area contributed by atoms with Gasteiger partial charge in [-0.25, -0.2) is 13.8 Å². The molecule has 0 aliphatic carbocycles. The van der Waals surface area contributed by atoms with Crippen molar-refractivity contribution < 1.29 is 4.39 Å². The maximum Gasteiger partial charge on any atom is 0.334 e. The highest BCUT2D eigenvalue weighted by Crippen LogP contribution is 2.22. The first-order valence-electron chi connectivity index (χ1n) is 5.91. The molecule has 4 nitrogen and oxygen atoms in total. The van der Waals surface area contributed by atoms with E-state index in [1.54, 1.807) is 22.9 Å². The molecule has 1 aromatic carbocycles. The van der Waals surface area contributed by atoms with E-state index in [-0.39, 0.29) is 10.7 Å². The van der Waals surface area contributed by atoms with Gasteiger partial charge in [-0.3, -0.25) is 9.78 Å². The lowest BCUT2D eigenvalue weighted by molar-refractivity contribution is 0.628. The monoisotopic (exact) mass is 322 g/mol. The largest absolute Gasteiger partial charge is 0.334 e. The highest BCUT2D eigenvalue weighted by atomic mass is 35.5. The van der Waals surface area contributed by atoms with Crippen molar-refractivity contribution in [3.63, 3.8) is 0 Å². The van der Waals surface area contributed by atoms with Crippen LogP contribution < -0.4 is 11.2 Å². The molecule has 0 saturated heterocycles. The van der Waals surface area contributed by atoms with E-state index in [1.165, 1.54) is 29.5 Å². The van der Waals surface area contributed by atoms with E-state index in [9.17, 15) is 14.0 Å². The summed E-state index contributed by atoms with van der Waals surface area (Å²) in [6.45, 7) is 0. The summed E-state index contributed by atoms with van der Waals surface area (Å²) in [5, 5.41) is 3.31. The average Bonchev–Trinajstić information content (AvgIpc) is 2.92. The van der Waals surface area contributed by atoms with Crippen molar-refractivity contribution in [1.82, 2.24) is 9.55 Å². The van der Waals surface area contributed by atoms with Gasteiger partial charge in [0.2, 0.25) is 0 Å². The van der Waals surface area contributed by atoms with Gasteiger partial charge >= 0.3 is 5.69 Å². The maximum absolute atomic E-state index is 13.3. The van der Waals surface area contributed by atoms with Crippen LogP contribution in [0.4, 0.5) is 4.39 Å². The van der Waals surface area contributed by atoms with Gasteiger partial charge < -0.3 is 0 Å². The number of nitrogens with one attached hydrogen (secondary N) is 1. The standard InChI is InChI=1S/C14H8ClFN2O2S/c15-12-11(8-2-1-3-9(16)6-8)13(19)18(14(20)17-12)10-4-5-21-7-10/h1-7H,(H,17,20). The first-order valence-corrected chi connectivity index (χ1v) is 7.23. The number of halogens is 2. The van der Waals surface area contributed by atoms with Crippen molar-refractivity contribution in [3.8, 4) is 16.8 Å². The number of hydrogen-bond donors (Lipinski definition) is 1. The predicted octanol–water partition coefficient (Wildman–Crippen LogP) is 3.05. The van der Waals surface area contributed by atoms with Crippen LogP contribution in [0, 0.1) is 5.82 Å². The molecular formula is C14H8ClFN2O2S. The van der Waals surface area contributed by atoms with Crippen molar-refractivity contribution in [2.24, 2.45) is 0 Å². The lowest BCUT2D eigenvalue weighted by Gasteiger charge is -2.08. The van der Waals surface area contributed by atoms with E-state index >= 15 is 0 Å². The van der Waals surface area contributed by atoms with Gasteiger partial charge in [0, 0.05) is 5.38 Å². The van der Waals surface area contributed by atoms with Crippen molar-refractivity contribution in [2.75, 3.05) is 0 Å². The second-order valence-electron chi connectivity index (χ2n) is 4.25. The Bertz CT molecular complexity index is 915. The molecule has 0 aliphatic heterocycles. The van der Waals surface area contributed by atoms with Gasteiger partial charge in [0.05, 0.1) is 11.3 Å². The number of thiophene rings is 1. The Hall–Kier alpha value is -2.18. The zero-order valence-electron chi connectivity index (χ0n) is 10.5. The highest BCUT2D eigenvalue weighted by molar-refractivity contribution is 7.08. The molecule has 7 heteroatoms. The third-order valence-electron chi connectivity index (χ3n) is 2.93. The number of nitrogens with zero attached hydrogens (tertiary/aromatic N) is 1. The number of benzene rings is 1. The normalized spacial score (nSPS) is 10.8. The lowest BCUT2D eigenvalue weighted by Crippen LogP contribution is -2.34. The molecule has 2 heterocycles. The molecule has 0 fully saturated rings. The van der Waals surface area contributed by atoms with Crippen molar-refractivity contribution >= 4 is 22.9 Å². The van der Waals surface area contributed by atoms with Crippen LogP contribution in [-0.2, 0) is 0 Å². The minimum absolute atomic E-state index is 0.0574. The zero-order chi connectivity index (χ0) is 15.0. The Morgan fingerprint density at radius 2 is 2.05 bits per heavy atom.